The van der Waals surface area contributed by atoms with Gasteiger partial charge in [0.15, 0.2) is 5.60 Å². The Morgan fingerprint density at radius 2 is 1.82 bits per heavy atom. The van der Waals surface area contributed by atoms with Crippen molar-refractivity contribution in [1.29, 1.82) is 0 Å². The molecule has 0 radical (unpaired) electrons. The lowest BCUT2D eigenvalue weighted by molar-refractivity contribution is -0.163. The maximum absolute atomic E-state index is 14.2. The van der Waals surface area contributed by atoms with Crippen LogP contribution >= 0.6 is 0 Å². The first-order valence-electron chi connectivity index (χ1n) is 13.4. The first-order valence-corrected chi connectivity index (χ1v) is 13.4. The smallest absolute Gasteiger partial charge is 0.307 e. The number of hydrogen-bond acceptors (Lipinski definition) is 10. The Labute approximate surface area is 233 Å². The molecule has 0 saturated heterocycles. The van der Waals surface area contributed by atoms with E-state index in [9.17, 15) is 29.4 Å². The molecule has 11 heteroatoms. The number of hydrogen-bond donors (Lipinski definition) is 3. The van der Waals surface area contributed by atoms with E-state index in [0.717, 1.165) is 31.0 Å². The normalized spacial score (nSPS) is 25.9. The molecule has 3 aliphatic carbocycles. The molecular weight excluding hydrogens is 518 g/mol. The Bertz CT molecular complexity index is 1340. The number of anilines is 1. The van der Waals surface area contributed by atoms with Gasteiger partial charge >= 0.3 is 5.97 Å². The van der Waals surface area contributed by atoms with Gasteiger partial charge in [-0.3, -0.25) is 24.1 Å². The Hall–Kier alpha value is -3.70. The van der Waals surface area contributed by atoms with Crippen LogP contribution in [0.25, 0.3) is 5.76 Å². The van der Waals surface area contributed by atoms with Gasteiger partial charge < -0.3 is 30.3 Å². The molecule has 4 atom stereocenters. The molecule has 216 valence electrons. The number of benzene rings is 1. The van der Waals surface area contributed by atoms with Crippen molar-refractivity contribution in [2.45, 2.75) is 51.2 Å². The van der Waals surface area contributed by atoms with Gasteiger partial charge in [0.2, 0.25) is 11.6 Å². The molecule has 1 saturated carbocycles. The summed E-state index contributed by atoms with van der Waals surface area (Å²) < 4.78 is 11.3. The number of carbonyl (C=O) groups is 4. The minimum Gasteiger partial charge on any atom is -0.507 e. The molecule has 11 nitrogen and oxygen atoms in total. The topological polar surface area (TPSA) is 160 Å². The molecule has 0 spiro atoms. The van der Waals surface area contributed by atoms with Crippen LogP contribution in [0.2, 0.25) is 0 Å². The zero-order valence-corrected chi connectivity index (χ0v) is 23.7. The predicted octanol–water partition coefficient (Wildman–Crippen LogP) is 1.51. The monoisotopic (exact) mass is 555 g/mol. The van der Waals surface area contributed by atoms with Crippen molar-refractivity contribution in [2.24, 2.45) is 17.6 Å². The molecule has 1 aromatic rings. The van der Waals surface area contributed by atoms with Gasteiger partial charge in [0.25, 0.3) is 5.91 Å². The molecule has 3 aliphatic rings. The summed E-state index contributed by atoms with van der Waals surface area (Å²) in [5.74, 6) is -6.15. The molecule has 1 fully saturated rings. The fourth-order valence-electron chi connectivity index (χ4n) is 6.32. The number of carbonyl (C=O) groups excluding carboxylic acids is 4. The van der Waals surface area contributed by atoms with Gasteiger partial charge in [0.1, 0.15) is 22.8 Å². The number of aliphatic hydroxyl groups excluding tert-OH is 1. The third kappa shape index (κ3) is 4.46. The van der Waals surface area contributed by atoms with Gasteiger partial charge in [-0.1, -0.05) is 13.3 Å². The predicted molar refractivity (Wildman–Crippen MR) is 146 cm³/mol. The quantitative estimate of drug-likeness (QED) is 0.186. The molecule has 0 aliphatic heterocycles. The van der Waals surface area contributed by atoms with E-state index < -0.39 is 52.5 Å². The maximum atomic E-state index is 14.2. The molecule has 1 amide bonds. The fourth-order valence-corrected chi connectivity index (χ4v) is 6.32. The first-order chi connectivity index (χ1) is 18.8. The molecule has 0 heterocycles. The van der Waals surface area contributed by atoms with Gasteiger partial charge in [0.05, 0.1) is 18.2 Å². The van der Waals surface area contributed by atoms with E-state index in [1.807, 2.05) is 32.0 Å². The van der Waals surface area contributed by atoms with Crippen molar-refractivity contribution in [3.8, 4) is 5.75 Å². The second kappa shape index (κ2) is 10.7. The number of amides is 1. The highest BCUT2D eigenvalue weighted by Crippen LogP contribution is 2.53. The van der Waals surface area contributed by atoms with Crippen molar-refractivity contribution in [1.82, 2.24) is 4.90 Å². The molecule has 40 heavy (non-hydrogen) atoms. The van der Waals surface area contributed by atoms with Gasteiger partial charge in [0, 0.05) is 38.2 Å². The van der Waals surface area contributed by atoms with E-state index >= 15 is 0 Å². The number of nitrogens with zero attached hydrogens (tertiary/aromatic N) is 2. The van der Waals surface area contributed by atoms with Crippen LogP contribution in [0.4, 0.5) is 5.69 Å². The number of primary amides is 1. The number of esters is 1. The van der Waals surface area contributed by atoms with E-state index in [1.165, 1.54) is 0 Å². The third-order valence-electron chi connectivity index (χ3n) is 8.03. The van der Waals surface area contributed by atoms with E-state index in [2.05, 4.69) is 0 Å². The zero-order valence-electron chi connectivity index (χ0n) is 23.7. The number of nitrogens with two attached hydrogens (primary N) is 1. The van der Waals surface area contributed by atoms with Crippen molar-refractivity contribution in [3.63, 3.8) is 0 Å². The van der Waals surface area contributed by atoms with Crippen molar-refractivity contribution < 1.29 is 38.9 Å². The summed E-state index contributed by atoms with van der Waals surface area (Å²) in [4.78, 5) is 55.8. The van der Waals surface area contributed by atoms with Gasteiger partial charge in [-0.05, 0) is 57.0 Å². The number of ether oxygens (including phenoxy) is 2. The number of ketones is 2. The molecule has 4 rings (SSSR count). The maximum Gasteiger partial charge on any atom is 0.307 e. The SMILES string of the molecule is CCCCOc1ccc(N(C)C)c2c1C(O)=C1C(=O)C3(O)C(=O)C(C(N)=O)=C(OC(C)=O)C(N(C)C)C3CC1C2. The third-order valence-corrected chi connectivity index (χ3v) is 8.03. The van der Waals surface area contributed by atoms with E-state index in [4.69, 9.17) is 15.2 Å². The fraction of sp³-hybridized carbons (Fsp3) is 0.517. The summed E-state index contributed by atoms with van der Waals surface area (Å²) >= 11 is 0. The molecule has 4 unspecified atom stereocenters. The Morgan fingerprint density at radius 3 is 2.38 bits per heavy atom. The highest BCUT2D eigenvalue weighted by Gasteiger charge is 2.65. The molecule has 0 bridgehead atoms. The van der Waals surface area contributed by atoms with E-state index in [1.54, 1.807) is 25.1 Å². The van der Waals surface area contributed by atoms with Crippen LogP contribution in [0.15, 0.2) is 29.0 Å². The lowest BCUT2D eigenvalue weighted by Gasteiger charge is -2.50. The Kier molecular flexibility index (Phi) is 7.83. The van der Waals surface area contributed by atoms with Gasteiger partial charge in [-0.15, -0.1) is 0 Å². The number of unbranched alkanes of at least 4 members (excludes halogenated alkanes) is 1. The number of fused-ring (bicyclic) bond motifs is 3. The highest BCUT2D eigenvalue weighted by molar-refractivity contribution is 6.33. The molecular formula is C29H37N3O8. The Balaban J connectivity index is 1.95. The summed E-state index contributed by atoms with van der Waals surface area (Å²) in [5.41, 5.74) is 3.95. The van der Waals surface area contributed by atoms with Crippen LogP contribution in [0.5, 0.6) is 5.75 Å². The lowest BCUT2D eigenvalue weighted by Crippen LogP contribution is -2.67. The summed E-state index contributed by atoms with van der Waals surface area (Å²) in [6.07, 6.45) is 2.10. The molecule has 4 N–H and O–H groups in total. The summed E-state index contributed by atoms with van der Waals surface area (Å²) in [6.45, 7) is 3.56. The summed E-state index contributed by atoms with van der Waals surface area (Å²) in [6, 6.07) is 2.63. The van der Waals surface area contributed by atoms with Crippen LogP contribution < -0.4 is 15.4 Å². The van der Waals surface area contributed by atoms with Crippen molar-refractivity contribution in [3.05, 3.63) is 40.2 Å². The average molecular weight is 556 g/mol. The zero-order chi connectivity index (χ0) is 29.7. The van der Waals surface area contributed by atoms with Crippen LogP contribution in [-0.4, -0.2) is 85.0 Å². The number of Topliss-reactive ketones (excluding diaryl/α,β-unsaturated/α-hetero) is 2. The second-order valence-corrected chi connectivity index (χ2v) is 11.1. The molecule has 0 aromatic heterocycles. The van der Waals surface area contributed by atoms with Crippen LogP contribution in [0, 0.1) is 11.8 Å². The van der Waals surface area contributed by atoms with Gasteiger partial charge in [-0.2, -0.15) is 0 Å². The van der Waals surface area contributed by atoms with Crippen molar-refractivity contribution in [2.75, 3.05) is 39.7 Å². The summed E-state index contributed by atoms with van der Waals surface area (Å²) in [5, 5.41) is 23.6. The first kappa shape index (κ1) is 29.3. The van der Waals surface area contributed by atoms with E-state index in [0.29, 0.717) is 24.3 Å². The standard InChI is InChI=1S/C29H37N3O8/c1-7-8-11-39-19-10-9-18(31(3)4)16-12-15-13-17-23(32(5)6)25(40-14(2)33)22(28(30)37)27(36)29(17,38)26(35)20(15)24(34)21(16)19/h9-10,15,17,23,34,38H,7-8,11-13H2,1-6H3,(H2,30,37). The van der Waals surface area contributed by atoms with Crippen molar-refractivity contribution >= 4 is 34.9 Å². The largest absolute Gasteiger partial charge is 0.507 e. The minimum absolute atomic E-state index is 0.0836. The minimum atomic E-state index is -2.71. The number of rotatable bonds is 8. The number of likely N-dealkylation sites (N-methyl/N-ethyl adjacent to an activating group) is 1. The molecule has 1 aromatic carbocycles. The summed E-state index contributed by atoms with van der Waals surface area (Å²) in [7, 11) is 6.99. The van der Waals surface area contributed by atoms with Crippen LogP contribution in [0.3, 0.4) is 0 Å². The highest BCUT2D eigenvalue weighted by atomic mass is 16.5. The average Bonchev–Trinajstić information content (AvgIpc) is 2.85. The Morgan fingerprint density at radius 1 is 1.15 bits per heavy atom. The number of aliphatic hydroxyl groups is 2. The second-order valence-electron chi connectivity index (χ2n) is 11.1. The lowest BCUT2D eigenvalue weighted by atomic mass is 9.57. The van der Waals surface area contributed by atoms with Gasteiger partial charge in [-0.25, -0.2) is 0 Å². The van der Waals surface area contributed by atoms with E-state index in [-0.39, 0.29) is 23.5 Å². The van der Waals surface area contributed by atoms with Crippen LogP contribution in [0.1, 0.15) is 44.2 Å². The van der Waals surface area contributed by atoms with Crippen LogP contribution in [-0.2, 0) is 30.3 Å².